The molecule has 0 aliphatic carbocycles. The maximum Gasteiger partial charge on any atom is 0.256 e. The van der Waals surface area contributed by atoms with E-state index in [0.29, 0.717) is 9.21 Å². The van der Waals surface area contributed by atoms with Gasteiger partial charge in [-0.3, -0.25) is 4.79 Å². The fourth-order valence-electron chi connectivity index (χ4n) is 1.25. The van der Waals surface area contributed by atoms with Gasteiger partial charge in [0, 0.05) is 5.56 Å². The third-order valence-electron chi connectivity index (χ3n) is 2.11. The second-order valence-corrected chi connectivity index (χ2v) is 5.39. The fraction of sp³-hybridized carbons (Fsp3) is 0. The van der Waals surface area contributed by atoms with Crippen LogP contribution in [0.5, 0.6) is 0 Å². The predicted octanol–water partition coefficient (Wildman–Crippen LogP) is 4.05. The van der Waals surface area contributed by atoms with Crippen molar-refractivity contribution in [2.24, 2.45) is 0 Å². The number of halogens is 4. The van der Waals surface area contributed by atoms with Gasteiger partial charge in [-0.05, 0) is 50.1 Å². The Morgan fingerprint density at radius 2 is 2.11 bits per heavy atom. The van der Waals surface area contributed by atoms with Crippen LogP contribution in [0.4, 0.5) is 10.2 Å². The summed E-state index contributed by atoms with van der Waals surface area (Å²) in [7, 11) is 0. The van der Waals surface area contributed by atoms with Gasteiger partial charge in [-0.15, -0.1) is 0 Å². The summed E-state index contributed by atoms with van der Waals surface area (Å²) < 4.78 is 13.9. The largest absolute Gasteiger partial charge is 0.304 e. The highest BCUT2D eigenvalue weighted by atomic mass is 79.9. The highest BCUT2D eigenvalue weighted by Crippen LogP contribution is 2.21. The standard InChI is InChI=1S/C11H5Br2ClFN3O/c12-8-4-16-10(9(13)17-8)18-11(19)5-1-2-7(15)6(14)3-5/h1-4H,(H,16,18,19). The van der Waals surface area contributed by atoms with Crippen LogP contribution >= 0.6 is 43.5 Å². The zero-order valence-corrected chi connectivity index (χ0v) is 13.1. The lowest BCUT2D eigenvalue weighted by Crippen LogP contribution is -2.14. The van der Waals surface area contributed by atoms with E-state index in [0.717, 1.165) is 6.07 Å². The average molecular weight is 409 g/mol. The van der Waals surface area contributed by atoms with Crippen molar-refractivity contribution in [1.29, 1.82) is 0 Å². The lowest BCUT2D eigenvalue weighted by Gasteiger charge is -2.06. The van der Waals surface area contributed by atoms with Crippen LogP contribution in [0.15, 0.2) is 33.6 Å². The summed E-state index contributed by atoms with van der Waals surface area (Å²) in [5.74, 6) is -0.782. The number of amides is 1. The summed E-state index contributed by atoms with van der Waals surface area (Å²) in [6.45, 7) is 0. The molecule has 0 aliphatic heterocycles. The van der Waals surface area contributed by atoms with Crippen LogP contribution < -0.4 is 5.32 Å². The highest BCUT2D eigenvalue weighted by molar-refractivity contribution is 9.11. The van der Waals surface area contributed by atoms with Crippen LogP contribution in [0.2, 0.25) is 5.02 Å². The lowest BCUT2D eigenvalue weighted by molar-refractivity contribution is 0.102. The van der Waals surface area contributed by atoms with Crippen molar-refractivity contribution in [3.05, 3.63) is 50.0 Å². The number of rotatable bonds is 2. The number of aromatic nitrogens is 2. The van der Waals surface area contributed by atoms with Gasteiger partial charge in [-0.1, -0.05) is 11.6 Å². The van der Waals surface area contributed by atoms with Gasteiger partial charge in [0.1, 0.15) is 15.0 Å². The highest BCUT2D eigenvalue weighted by Gasteiger charge is 2.12. The molecule has 0 spiro atoms. The Balaban J connectivity index is 2.23. The molecule has 19 heavy (non-hydrogen) atoms. The third kappa shape index (κ3) is 3.49. The zero-order valence-electron chi connectivity index (χ0n) is 9.12. The number of hydrogen-bond donors (Lipinski definition) is 1. The number of nitrogens with one attached hydrogen (secondary N) is 1. The van der Waals surface area contributed by atoms with Crippen LogP contribution in [0.1, 0.15) is 10.4 Å². The van der Waals surface area contributed by atoms with Crippen LogP contribution in [0, 0.1) is 5.82 Å². The molecule has 0 aliphatic rings. The molecule has 1 heterocycles. The van der Waals surface area contributed by atoms with Gasteiger partial charge in [0.25, 0.3) is 5.91 Å². The smallest absolute Gasteiger partial charge is 0.256 e. The molecule has 2 rings (SSSR count). The summed E-state index contributed by atoms with van der Waals surface area (Å²) in [5.41, 5.74) is 0.225. The normalized spacial score (nSPS) is 10.3. The van der Waals surface area contributed by atoms with Crippen LogP contribution in [0.25, 0.3) is 0 Å². The molecule has 0 fully saturated rings. The second kappa shape index (κ2) is 5.94. The van der Waals surface area contributed by atoms with Gasteiger partial charge < -0.3 is 5.32 Å². The van der Waals surface area contributed by atoms with E-state index in [1.807, 2.05) is 0 Å². The van der Waals surface area contributed by atoms with Crippen LogP contribution in [-0.2, 0) is 0 Å². The molecule has 1 aromatic heterocycles. The van der Waals surface area contributed by atoms with E-state index in [4.69, 9.17) is 11.6 Å². The van der Waals surface area contributed by atoms with Crippen molar-refractivity contribution in [1.82, 2.24) is 9.97 Å². The van der Waals surface area contributed by atoms with Crippen molar-refractivity contribution in [2.75, 3.05) is 5.32 Å². The van der Waals surface area contributed by atoms with Crippen molar-refractivity contribution < 1.29 is 9.18 Å². The molecular weight excluding hydrogens is 404 g/mol. The first-order valence-electron chi connectivity index (χ1n) is 4.92. The second-order valence-electron chi connectivity index (χ2n) is 3.42. The van der Waals surface area contributed by atoms with Crippen LogP contribution in [-0.4, -0.2) is 15.9 Å². The number of benzene rings is 1. The molecule has 0 saturated heterocycles. The molecule has 2 aromatic rings. The Labute approximate surface area is 129 Å². The topological polar surface area (TPSA) is 54.9 Å². The van der Waals surface area contributed by atoms with Gasteiger partial charge in [0.05, 0.1) is 11.2 Å². The minimum atomic E-state index is -0.581. The molecule has 4 nitrogen and oxygen atoms in total. The van der Waals surface area contributed by atoms with Gasteiger partial charge in [-0.2, -0.15) is 0 Å². The Bertz CT molecular complexity index is 654. The molecule has 98 valence electrons. The van der Waals surface area contributed by atoms with E-state index in [1.165, 1.54) is 18.3 Å². The summed E-state index contributed by atoms with van der Waals surface area (Å²) in [4.78, 5) is 19.9. The molecule has 1 aromatic carbocycles. The minimum Gasteiger partial charge on any atom is -0.304 e. The molecule has 1 amide bonds. The minimum absolute atomic E-state index is 0.117. The monoisotopic (exact) mass is 407 g/mol. The number of carbonyl (C=O) groups is 1. The molecule has 0 bridgehead atoms. The van der Waals surface area contributed by atoms with E-state index in [9.17, 15) is 9.18 Å². The molecule has 8 heteroatoms. The number of nitrogens with zero attached hydrogens (tertiary/aromatic N) is 2. The number of anilines is 1. The fourth-order valence-corrected chi connectivity index (χ4v) is 2.34. The average Bonchev–Trinajstić information content (AvgIpc) is 2.36. The SMILES string of the molecule is O=C(Nc1ncc(Br)nc1Br)c1ccc(F)c(Cl)c1. The van der Waals surface area contributed by atoms with E-state index < -0.39 is 11.7 Å². The zero-order chi connectivity index (χ0) is 14.0. The third-order valence-corrected chi connectivity index (χ3v) is 3.34. The summed E-state index contributed by atoms with van der Waals surface area (Å²) in [6, 6.07) is 3.70. The lowest BCUT2D eigenvalue weighted by atomic mass is 10.2. The molecule has 0 unspecified atom stereocenters. The maximum absolute atomic E-state index is 13.0. The summed E-state index contributed by atoms with van der Waals surface area (Å²) in [5, 5.41) is 2.42. The van der Waals surface area contributed by atoms with Crippen LogP contribution in [0.3, 0.4) is 0 Å². The van der Waals surface area contributed by atoms with Gasteiger partial charge in [0.2, 0.25) is 0 Å². The molecule has 1 N–H and O–H groups in total. The first kappa shape index (κ1) is 14.4. The Kier molecular flexibility index (Phi) is 4.49. The Hall–Kier alpha value is -1.05. The quantitative estimate of drug-likeness (QED) is 0.814. The van der Waals surface area contributed by atoms with Gasteiger partial charge in [-0.25, -0.2) is 14.4 Å². The molecule has 0 atom stereocenters. The summed E-state index contributed by atoms with van der Waals surface area (Å²) in [6.07, 6.45) is 1.44. The van der Waals surface area contributed by atoms with Crippen molar-refractivity contribution >= 4 is 55.2 Å². The van der Waals surface area contributed by atoms with Crippen molar-refractivity contribution in [3.8, 4) is 0 Å². The van der Waals surface area contributed by atoms with Gasteiger partial charge in [0.15, 0.2) is 5.82 Å². The first-order chi connectivity index (χ1) is 8.97. The number of hydrogen-bond acceptors (Lipinski definition) is 3. The van der Waals surface area contributed by atoms with E-state index in [-0.39, 0.29) is 16.4 Å². The molecule has 0 saturated carbocycles. The van der Waals surface area contributed by atoms with Crippen molar-refractivity contribution in [3.63, 3.8) is 0 Å². The van der Waals surface area contributed by atoms with Gasteiger partial charge >= 0.3 is 0 Å². The van der Waals surface area contributed by atoms with E-state index in [1.54, 1.807) is 0 Å². The van der Waals surface area contributed by atoms with E-state index in [2.05, 4.69) is 47.1 Å². The maximum atomic E-state index is 13.0. The Morgan fingerprint density at radius 1 is 1.37 bits per heavy atom. The molecular formula is C11H5Br2ClFN3O. The number of carbonyl (C=O) groups excluding carboxylic acids is 1. The summed E-state index contributed by atoms with van der Waals surface area (Å²) >= 11 is 11.9. The molecule has 0 radical (unpaired) electrons. The first-order valence-corrected chi connectivity index (χ1v) is 6.88. The van der Waals surface area contributed by atoms with E-state index >= 15 is 0 Å². The van der Waals surface area contributed by atoms with Crippen molar-refractivity contribution in [2.45, 2.75) is 0 Å². The Morgan fingerprint density at radius 3 is 2.74 bits per heavy atom. The predicted molar refractivity (Wildman–Crippen MR) is 76.8 cm³/mol.